The maximum atomic E-state index is 9.41. The molecule has 0 amide bonds. The smallest absolute Gasteiger partial charge is 0.160 e. The SMILES string of the molecule is COc1cc([C@@H](N)C2CC2)ccc1O.Cl. The lowest BCUT2D eigenvalue weighted by atomic mass is 10.0. The highest BCUT2D eigenvalue weighted by molar-refractivity contribution is 5.85. The van der Waals surface area contributed by atoms with E-state index in [2.05, 4.69) is 0 Å². The summed E-state index contributed by atoms with van der Waals surface area (Å²) in [5.74, 6) is 1.28. The standard InChI is InChI=1S/C11H15NO2.ClH/c1-14-10-6-8(4-5-9(10)13)11(12)7-2-3-7;/h4-7,11,13H,2-3,12H2,1H3;1H/t11-;/m0./s1. The van der Waals surface area contributed by atoms with E-state index < -0.39 is 0 Å². The molecule has 0 bridgehead atoms. The van der Waals surface area contributed by atoms with Crippen molar-refractivity contribution in [3.05, 3.63) is 23.8 Å². The van der Waals surface area contributed by atoms with Crippen LogP contribution >= 0.6 is 12.4 Å². The van der Waals surface area contributed by atoms with Gasteiger partial charge in [0.2, 0.25) is 0 Å². The third kappa shape index (κ3) is 2.55. The third-order valence-electron chi connectivity index (χ3n) is 2.72. The van der Waals surface area contributed by atoms with Crippen LogP contribution in [0.15, 0.2) is 18.2 Å². The molecular weight excluding hydrogens is 214 g/mol. The summed E-state index contributed by atoms with van der Waals surface area (Å²) in [5.41, 5.74) is 7.08. The van der Waals surface area contributed by atoms with Gasteiger partial charge in [0.1, 0.15) is 0 Å². The molecule has 1 atom stereocenters. The van der Waals surface area contributed by atoms with Crippen molar-refractivity contribution in [1.29, 1.82) is 0 Å². The summed E-state index contributed by atoms with van der Waals surface area (Å²) in [6.45, 7) is 0. The Morgan fingerprint density at radius 1 is 1.47 bits per heavy atom. The first-order valence-electron chi connectivity index (χ1n) is 4.85. The van der Waals surface area contributed by atoms with Gasteiger partial charge in [-0.25, -0.2) is 0 Å². The summed E-state index contributed by atoms with van der Waals surface area (Å²) in [5, 5.41) is 9.41. The zero-order chi connectivity index (χ0) is 10.1. The normalized spacial score (nSPS) is 16.7. The molecule has 1 fully saturated rings. The highest BCUT2D eigenvalue weighted by Crippen LogP contribution is 2.41. The van der Waals surface area contributed by atoms with Crippen LogP contribution in [0.3, 0.4) is 0 Å². The third-order valence-corrected chi connectivity index (χ3v) is 2.72. The van der Waals surface area contributed by atoms with Crippen LogP contribution in [0.1, 0.15) is 24.4 Å². The van der Waals surface area contributed by atoms with Gasteiger partial charge in [0.05, 0.1) is 7.11 Å². The van der Waals surface area contributed by atoms with Gasteiger partial charge < -0.3 is 15.6 Å². The minimum absolute atomic E-state index is 0. The first-order valence-corrected chi connectivity index (χ1v) is 4.85. The maximum absolute atomic E-state index is 9.41. The molecule has 0 saturated heterocycles. The van der Waals surface area contributed by atoms with E-state index in [1.165, 1.54) is 12.8 Å². The molecule has 2 rings (SSSR count). The molecule has 84 valence electrons. The van der Waals surface area contributed by atoms with Gasteiger partial charge >= 0.3 is 0 Å². The molecule has 1 aliphatic rings. The minimum Gasteiger partial charge on any atom is -0.504 e. The molecule has 0 heterocycles. The van der Waals surface area contributed by atoms with E-state index in [1.807, 2.05) is 12.1 Å². The number of nitrogens with two attached hydrogens (primary N) is 1. The first-order chi connectivity index (χ1) is 6.72. The topological polar surface area (TPSA) is 55.5 Å². The van der Waals surface area contributed by atoms with E-state index in [9.17, 15) is 5.11 Å². The Labute approximate surface area is 95.7 Å². The number of benzene rings is 1. The first kappa shape index (κ1) is 12.1. The highest BCUT2D eigenvalue weighted by atomic mass is 35.5. The van der Waals surface area contributed by atoms with Crippen LogP contribution in [0.2, 0.25) is 0 Å². The number of aromatic hydroxyl groups is 1. The average Bonchev–Trinajstić information content (AvgIpc) is 3.01. The number of rotatable bonds is 3. The fourth-order valence-electron chi connectivity index (χ4n) is 1.63. The Morgan fingerprint density at radius 3 is 2.67 bits per heavy atom. The Kier molecular flexibility index (Phi) is 3.83. The molecule has 15 heavy (non-hydrogen) atoms. The molecule has 4 heteroatoms. The van der Waals surface area contributed by atoms with Gasteiger partial charge in [-0.05, 0) is 36.5 Å². The number of phenolic OH excluding ortho intramolecular Hbond substituents is 1. The van der Waals surface area contributed by atoms with Gasteiger partial charge in [-0.1, -0.05) is 6.07 Å². The van der Waals surface area contributed by atoms with Gasteiger partial charge in [-0.15, -0.1) is 12.4 Å². The number of halogens is 1. The van der Waals surface area contributed by atoms with Crippen LogP contribution < -0.4 is 10.5 Å². The van der Waals surface area contributed by atoms with Crippen molar-refractivity contribution >= 4 is 12.4 Å². The molecule has 0 spiro atoms. The van der Waals surface area contributed by atoms with Crippen molar-refractivity contribution in [2.75, 3.05) is 7.11 Å². The zero-order valence-corrected chi connectivity index (χ0v) is 9.46. The van der Waals surface area contributed by atoms with Gasteiger partial charge in [0, 0.05) is 6.04 Å². The predicted octanol–water partition coefficient (Wildman–Crippen LogP) is 2.23. The van der Waals surface area contributed by atoms with E-state index >= 15 is 0 Å². The highest BCUT2D eigenvalue weighted by Gasteiger charge is 2.29. The van der Waals surface area contributed by atoms with Crippen molar-refractivity contribution in [3.63, 3.8) is 0 Å². The number of phenols is 1. The lowest BCUT2D eigenvalue weighted by molar-refractivity contribution is 0.372. The molecule has 1 saturated carbocycles. The number of ether oxygens (including phenoxy) is 1. The van der Waals surface area contributed by atoms with Gasteiger partial charge in [-0.2, -0.15) is 0 Å². The summed E-state index contributed by atoms with van der Waals surface area (Å²) in [6, 6.07) is 5.40. The van der Waals surface area contributed by atoms with Crippen molar-refractivity contribution in [3.8, 4) is 11.5 Å². The zero-order valence-electron chi connectivity index (χ0n) is 8.64. The van der Waals surface area contributed by atoms with E-state index in [1.54, 1.807) is 13.2 Å². The van der Waals surface area contributed by atoms with Crippen LogP contribution in [0.4, 0.5) is 0 Å². The Bertz CT molecular complexity index is 339. The van der Waals surface area contributed by atoms with Crippen LogP contribution in [0.25, 0.3) is 0 Å². The van der Waals surface area contributed by atoms with Crippen LogP contribution in [0, 0.1) is 5.92 Å². The summed E-state index contributed by atoms with van der Waals surface area (Å²) in [6.07, 6.45) is 2.43. The van der Waals surface area contributed by atoms with Crippen LogP contribution in [0.5, 0.6) is 11.5 Å². The largest absolute Gasteiger partial charge is 0.504 e. The van der Waals surface area contributed by atoms with E-state index in [0.717, 1.165) is 5.56 Å². The van der Waals surface area contributed by atoms with Crippen molar-refractivity contribution in [1.82, 2.24) is 0 Å². The fourth-order valence-corrected chi connectivity index (χ4v) is 1.63. The molecule has 1 aromatic carbocycles. The Balaban J connectivity index is 0.00000112. The number of methoxy groups -OCH3 is 1. The quantitative estimate of drug-likeness (QED) is 0.836. The average molecular weight is 230 g/mol. The molecule has 0 aromatic heterocycles. The molecule has 1 aliphatic carbocycles. The Morgan fingerprint density at radius 2 is 2.13 bits per heavy atom. The summed E-state index contributed by atoms with van der Waals surface area (Å²) >= 11 is 0. The second kappa shape index (κ2) is 4.73. The van der Waals surface area contributed by atoms with E-state index in [4.69, 9.17) is 10.5 Å². The summed E-state index contributed by atoms with van der Waals surface area (Å²) < 4.78 is 5.03. The number of hydrogen-bond donors (Lipinski definition) is 2. The lowest BCUT2D eigenvalue weighted by Gasteiger charge is -2.12. The van der Waals surface area contributed by atoms with Crippen molar-refractivity contribution in [2.45, 2.75) is 18.9 Å². The minimum atomic E-state index is 0. The van der Waals surface area contributed by atoms with E-state index in [-0.39, 0.29) is 24.2 Å². The predicted molar refractivity (Wildman–Crippen MR) is 61.6 cm³/mol. The monoisotopic (exact) mass is 229 g/mol. The number of hydrogen-bond acceptors (Lipinski definition) is 3. The molecular formula is C11H16ClNO2. The summed E-state index contributed by atoms with van der Waals surface area (Å²) in [4.78, 5) is 0. The molecule has 1 aromatic rings. The summed E-state index contributed by atoms with van der Waals surface area (Å²) in [7, 11) is 1.54. The van der Waals surface area contributed by atoms with E-state index in [0.29, 0.717) is 11.7 Å². The molecule has 0 unspecified atom stereocenters. The fraction of sp³-hybridized carbons (Fsp3) is 0.455. The van der Waals surface area contributed by atoms with Crippen LogP contribution in [-0.4, -0.2) is 12.2 Å². The molecule has 0 radical (unpaired) electrons. The molecule has 3 N–H and O–H groups in total. The van der Waals surface area contributed by atoms with Crippen molar-refractivity contribution < 1.29 is 9.84 Å². The van der Waals surface area contributed by atoms with Gasteiger partial charge in [-0.3, -0.25) is 0 Å². The maximum Gasteiger partial charge on any atom is 0.160 e. The van der Waals surface area contributed by atoms with Crippen LogP contribution in [-0.2, 0) is 0 Å². The van der Waals surface area contributed by atoms with Gasteiger partial charge in [0.25, 0.3) is 0 Å². The van der Waals surface area contributed by atoms with Crippen molar-refractivity contribution in [2.24, 2.45) is 11.7 Å². The lowest BCUT2D eigenvalue weighted by Crippen LogP contribution is -2.12. The molecule has 0 aliphatic heterocycles. The van der Waals surface area contributed by atoms with Gasteiger partial charge in [0.15, 0.2) is 11.5 Å². The second-order valence-corrected chi connectivity index (χ2v) is 3.79. The molecule has 3 nitrogen and oxygen atoms in total. The second-order valence-electron chi connectivity index (χ2n) is 3.79. The Hall–Kier alpha value is -0.930.